The summed E-state index contributed by atoms with van der Waals surface area (Å²) in [4.78, 5) is 0. The number of hydrogen-bond donors (Lipinski definition) is 3. The van der Waals surface area contributed by atoms with Crippen LogP contribution in [0.1, 0.15) is 6.92 Å². The van der Waals surface area contributed by atoms with Crippen molar-refractivity contribution in [1.82, 2.24) is 16.5 Å². The molecule has 0 bridgehead atoms. The van der Waals surface area contributed by atoms with E-state index in [0.717, 1.165) is 0 Å². The molecule has 0 radical (unpaired) electrons. The van der Waals surface area contributed by atoms with Crippen LogP contribution in [0.25, 0.3) is 0 Å². The third-order valence-electron chi connectivity index (χ3n) is 0.375. The molecule has 0 saturated heterocycles. The zero-order valence-corrected chi connectivity index (χ0v) is 4.52. The van der Waals surface area contributed by atoms with Gasteiger partial charge in [-0.2, -0.15) is 10.6 Å². The van der Waals surface area contributed by atoms with Crippen LogP contribution < -0.4 is 16.5 Å². The van der Waals surface area contributed by atoms with Gasteiger partial charge in [-0.05, 0) is 6.92 Å². The maximum absolute atomic E-state index is 3.61. The van der Waals surface area contributed by atoms with Crippen molar-refractivity contribution in [3.8, 4) is 0 Å². The van der Waals surface area contributed by atoms with Crippen LogP contribution in [0.2, 0.25) is 0 Å². The fraction of sp³-hybridized carbons (Fsp3) is 0.667. The highest BCUT2D eigenvalue weighted by Gasteiger charge is 1.61. The fourth-order valence-corrected chi connectivity index (χ4v) is 0.153. The van der Waals surface area contributed by atoms with E-state index in [-0.39, 0.29) is 0 Å². The van der Waals surface area contributed by atoms with Crippen molar-refractivity contribution in [3.63, 3.8) is 0 Å². The average molecular weight is 102 g/mol. The van der Waals surface area contributed by atoms with E-state index in [9.17, 15) is 0 Å². The van der Waals surface area contributed by atoms with Crippen LogP contribution in [0.4, 0.5) is 0 Å². The van der Waals surface area contributed by atoms with Crippen LogP contribution in [0.3, 0.4) is 0 Å². The Balaban J connectivity index is 2.69. The van der Waals surface area contributed by atoms with Gasteiger partial charge in [0, 0.05) is 13.3 Å². The van der Waals surface area contributed by atoms with Crippen molar-refractivity contribution in [2.75, 3.05) is 7.05 Å². The molecule has 0 aromatic heterocycles. The van der Waals surface area contributed by atoms with E-state index in [2.05, 4.69) is 21.6 Å². The summed E-state index contributed by atoms with van der Waals surface area (Å²) in [6.07, 6.45) is 1.64. The van der Waals surface area contributed by atoms with Gasteiger partial charge in [0.2, 0.25) is 0 Å². The highest BCUT2D eigenvalue weighted by atomic mass is 15.7. The molecular weight excluding hydrogens is 92.1 g/mol. The first-order valence-electron chi connectivity index (χ1n) is 2.06. The lowest BCUT2D eigenvalue weighted by Gasteiger charge is -1.96. The second-order valence-corrected chi connectivity index (χ2v) is 0.874. The van der Waals surface area contributed by atoms with Crippen molar-refractivity contribution in [1.29, 1.82) is 0 Å². The smallest absolute Gasteiger partial charge is 0.0227 e. The Kier molecular flexibility index (Phi) is 4.92. The van der Waals surface area contributed by atoms with Gasteiger partial charge in [-0.3, -0.25) is 0 Å². The minimum atomic E-state index is 1.64. The Morgan fingerprint density at radius 2 is 2.29 bits per heavy atom. The van der Waals surface area contributed by atoms with E-state index in [1.165, 1.54) is 0 Å². The van der Waals surface area contributed by atoms with Crippen molar-refractivity contribution < 1.29 is 0 Å². The molecule has 0 heterocycles. The summed E-state index contributed by atoms with van der Waals surface area (Å²) in [5.74, 6) is 0. The van der Waals surface area contributed by atoms with Crippen molar-refractivity contribution in [2.24, 2.45) is 5.10 Å². The largest absolute Gasteiger partial charge is 0.242 e. The second-order valence-electron chi connectivity index (χ2n) is 0.874. The minimum absolute atomic E-state index is 1.64. The number of hydrazone groups is 1. The Labute approximate surface area is 42.9 Å². The van der Waals surface area contributed by atoms with Crippen LogP contribution >= 0.6 is 0 Å². The summed E-state index contributed by atoms with van der Waals surface area (Å²) < 4.78 is 0. The molecule has 0 aliphatic rings. The lowest BCUT2D eigenvalue weighted by molar-refractivity contribution is 0.488. The van der Waals surface area contributed by atoms with Crippen molar-refractivity contribution in [3.05, 3.63) is 0 Å². The maximum atomic E-state index is 3.61. The van der Waals surface area contributed by atoms with Crippen LogP contribution in [-0.2, 0) is 0 Å². The molecule has 0 saturated carbocycles. The molecule has 4 nitrogen and oxygen atoms in total. The van der Waals surface area contributed by atoms with Gasteiger partial charge in [-0.25, -0.2) is 11.0 Å². The molecule has 7 heavy (non-hydrogen) atoms. The van der Waals surface area contributed by atoms with Crippen LogP contribution in [-0.4, -0.2) is 13.3 Å². The number of hydrogen-bond acceptors (Lipinski definition) is 4. The molecule has 0 amide bonds. The molecule has 0 atom stereocenters. The molecule has 0 aromatic carbocycles. The standard InChI is InChI=1S/C3H10N4/c1-3-5-7-6-4-2/h3-4,6-7H,1-2H3/b5-3+. The normalized spacial score (nSPS) is 10.0. The highest BCUT2D eigenvalue weighted by molar-refractivity contribution is 5.52. The zero-order chi connectivity index (χ0) is 5.54. The van der Waals surface area contributed by atoms with E-state index < -0.39 is 0 Å². The Morgan fingerprint density at radius 3 is 2.71 bits per heavy atom. The van der Waals surface area contributed by atoms with Gasteiger partial charge in [-0.1, -0.05) is 0 Å². The van der Waals surface area contributed by atoms with Gasteiger partial charge < -0.3 is 0 Å². The first-order valence-corrected chi connectivity index (χ1v) is 2.06. The third kappa shape index (κ3) is 5.39. The SMILES string of the molecule is C/C=N/NNNC. The molecule has 0 fully saturated rings. The van der Waals surface area contributed by atoms with Crippen LogP contribution in [0, 0.1) is 0 Å². The monoisotopic (exact) mass is 102 g/mol. The number of hydrazine groups is 2. The Morgan fingerprint density at radius 1 is 1.57 bits per heavy atom. The summed E-state index contributed by atoms with van der Waals surface area (Å²) in [6, 6.07) is 0. The molecule has 0 unspecified atom stereocenters. The number of nitrogens with one attached hydrogen (secondary N) is 3. The van der Waals surface area contributed by atoms with Gasteiger partial charge in [-0.15, -0.1) is 0 Å². The number of rotatable bonds is 3. The summed E-state index contributed by atoms with van der Waals surface area (Å²) in [6.45, 7) is 1.82. The lowest BCUT2D eigenvalue weighted by atomic mass is 10.9. The minimum Gasteiger partial charge on any atom is -0.242 e. The summed E-state index contributed by atoms with van der Waals surface area (Å²) in [5.41, 5.74) is 7.67. The van der Waals surface area contributed by atoms with Crippen LogP contribution in [0.15, 0.2) is 5.10 Å². The van der Waals surface area contributed by atoms with Gasteiger partial charge in [0.05, 0.1) is 0 Å². The van der Waals surface area contributed by atoms with E-state index >= 15 is 0 Å². The lowest BCUT2D eigenvalue weighted by Crippen LogP contribution is -2.37. The molecule has 0 aliphatic carbocycles. The van der Waals surface area contributed by atoms with Gasteiger partial charge in [0.25, 0.3) is 0 Å². The Hall–Kier alpha value is -0.610. The Bertz CT molecular complexity index is 50.9. The topological polar surface area (TPSA) is 48.5 Å². The second kappa shape index (κ2) is 5.39. The maximum Gasteiger partial charge on any atom is 0.0227 e. The first kappa shape index (κ1) is 6.39. The fourth-order valence-electron chi connectivity index (χ4n) is 0.153. The van der Waals surface area contributed by atoms with Crippen LogP contribution in [0.5, 0.6) is 0 Å². The van der Waals surface area contributed by atoms with E-state index in [0.29, 0.717) is 0 Å². The summed E-state index contributed by atoms with van der Waals surface area (Å²) in [5, 5.41) is 3.61. The molecule has 42 valence electrons. The van der Waals surface area contributed by atoms with E-state index in [4.69, 9.17) is 0 Å². The van der Waals surface area contributed by atoms with Gasteiger partial charge >= 0.3 is 0 Å². The zero-order valence-electron chi connectivity index (χ0n) is 4.52. The van der Waals surface area contributed by atoms with E-state index in [1.807, 2.05) is 6.92 Å². The first-order chi connectivity index (χ1) is 3.41. The van der Waals surface area contributed by atoms with Crippen molar-refractivity contribution >= 4 is 6.21 Å². The highest BCUT2D eigenvalue weighted by Crippen LogP contribution is 1.42. The number of nitrogens with zero attached hydrogens (tertiary/aromatic N) is 1. The predicted octanol–water partition coefficient (Wildman–Crippen LogP) is -0.779. The quantitative estimate of drug-likeness (QED) is 0.249. The predicted molar refractivity (Wildman–Crippen MR) is 29.5 cm³/mol. The third-order valence-corrected chi connectivity index (χ3v) is 0.375. The average Bonchev–Trinajstić information content (AvgIpc) is 1.69. The molecule has 0 rings (SSSR count). The summed E-state index contributed by atoms with van der Waals surface area (Å²) >= 11 is 0. The van der Waals surface area contributed by atoms with Gasteiger partial charge in [0.15, 0.2) is 0 Å². The molecule has 0 aliphatic heterocycles. The molecule has 4 heteroatoms. The van der Waals surface area contributed by atoms with Gasteiger partial charge in [0.1, 0.15) is 0 Å². The summed E-state index contributed by atoms with van der Waals surface area (Å²) in [7, 11) is 1.75. The van der Waals surface area contributed by atoms with E-state index in [1.54, 1.807) is 13.3 Å². The van der Waals surface area contributed by atoms with Crippen molar-refractivity contribution in [2.45, 2.75) is 6.92 Å². The molecule has 3 N–H and O–H groups in total. The molecule has 0 spiro atoms. The molecular formula is C3H10N4. The molecule has 0 aromatic rings.